The highest BCUT2D eigenvalue weighted by molar-refractivity contribution is 5.94. The Balaban J connectivity index is 1.66. The Morgan fingerprint density at radius 2 is 1.90 bits per heavy atom. The fourth-order valence-electron chi connectivity index (χ4n) is 3.06. The summed E-state index contributed by atoms with van der Waals surface area (Å²) in [7, 11) is 1.34. The fraction of sp³-hybridized carbons (Fsp3) is 0.350. The second-order valence-electron chi connectivity index (χ2n) is 7.02. The van der Waals surface area contributed by atoms with E-state index in [1.54, 1.807) is 0 Å². The average Bonchev–Trinajstić information content (AvgIpc) is 3.52. The SMILES string of the molecule is COc1cc([N+](=O)[O-])ccc1NC(=O)CN(Cc1ccc(C(F)(F)F)cc1)C1CC1. The highest BCUT2D eigenvalue weighted by Crippen LogP contribution is 2.32. The molecule has 1 fully saturated rings. The molecule has 0 atom stereocenters. The maximum atomic E-state index is 12.7. The van der Waals surface area contributed by atoms with E-state index in [4.69, 9.17) is 4.74 Å². The third kappa shape index (κ3) is 5.47. The molecule has 3 rings (SSSR count). The highest BCUT2D eigenvalue weighted by Gasteiger charge is 2.32. The first-order chi connectivity index (χ1) is 14.2. The van der Waals surface area contributed by atoms with Gasteiger partial charge in [0.2, 0.25) is 5.91 Å². The van der Waals surface area contributed by atoms with Gasteiger partial charge in [-0.15, -0.1) is 0 Å². The molecule has 160 valence electrons. The van der Waals surface area contributed by atoms with Crippen LogP contribution in [0.1, 0.15) is 24.0 Å². The molecule has 7 nitrogen and oxygen atoms in total. The molecule has 10 heteroatoms. The van der Waals surface area contributed by atoms with E-state index < -0.39 is 16.7 Å². The van der Waals surface area contributed by atoms with Crippen LogP contribution in [-0.4, -0.2) is 35.4 Å². The van der Waals surface area contributed by atoms with E-state index in [0.717, 1.165) is 25.0 Å². The number of amides is 1. The van der Waals surface area contributed by atoms with Crippen molar-refractivity contribution < 1.29 is 27.6 Å². The van der Waals surface area contributed by atoms with Crippen LogP contribution in [0.3, 0.4) is 0 Å². The first-order valence-corrected chi connectivity index (χ1v) is 9.20. The number of methoxy groups -OCH3 is 1. The van der Waals surface area contributed by atoms with Crippen molar-refractivity contribution in [2.24, 2.45) is 0 Å². The van der Waals surface area contributed by atoms with Gasteiger partial charge in [-0.25, -0.2) is 0 Å². The number of halogens is 3. The number of carbonyl (C=O) groups excluding carboxylic acids is 1. The Kier molecular flexibility index (Phi) is 6.25. The number of ether oxygens (including phenoxy) is 1. The van der Waals surface area contributed by atoms with Gasteiger partial charge in [0.1, 0.15) is 5.75 Å². The molecule has 0 aliphatic heterocycles. The van der Waals surface area contributed by atoms with Gasteiger partial charge >= 0.3 is 6.18 Å². The van der Waals surface area contributed by atoms with Crippen molar-refractivity contribution in [2.75, 3.05) is 19.0 Å². The molecule has 0 spiro atoms. The Morgan fingerprint density at radius 1 is 1.23 bits per heavy atom. The average molecular weight is 423 g/mol. The van der Waals surface area contributed by atoms with Crippen molar-refractivity contribution in [3.05, 3.63) is 63.7 Å². The van der Waals surface area contributed by atoms with Crippen LogP contribution in [0.15, 0.2) is 42.5 Å². The van der Waals surface area contributed by atoms with Crippen LogP contribution in [0.2, 0.25) is 0 Å². The summed E-state index contributed by atoms with van der Waals surface area (Å²) in [5.41, 5.74) is 0.105. The standard InChI is InChI=1S/C20H20F3N3O4/c1-30-18-10-16(26(28)29)8-9-17(18)24-19(27)12-25(15-6-7-15)11-13-2-4-14(5-3-13)20(21,22)23/h2-5,8-10,15H,6-7,11-12H2,1H3,(H,24,27). The number of nitrogens with one attached hydrogen (secondary N) is 1. The molecule has 2 aromatic rings. The third-order valence-corrected chi connectivity index (χ3v) is 4.75. The largest absolute Gasteiger partial charge is 0.494 e. The lowest BCUT2D eigenvalue weighted by Crippen LogP contribution is -2.34. The lowest BCUT2D eigenvalue weighted by Gasteiger charge is -2.22. The minimum absolute atomic E-state index is 0.0336. The van der Waals surface area contributed by atoms with Crippen molar-refractivity contribution in [3.8, 4) is 5.75 Å². The van der Waals surface area contributed by atoms with Crippen LogP contribution in [0.4, 0.5) is 24.5 Å². The zero-order chi connectivity index (χ0) is 21.9. The topological polar surface area (TPSA) is 84.7 Å². The summed E-state index contributed by atoms with van der Waals surface area (Å²) in [5, 5.41) is 13.6. The number of alkyl halides is 3. The van der Waals surface area contributed by atoms with Gasteiger partial charge in [-0.05, 0) is 36.6 Å². The summed E-state index contributed by atoms with van der Waals surface area (Å²) in [6.45, 7) is 0.374. The molecular formula is C20H20F3N3O4. The molecule has 1 N–H and O–H groups in total. The number of anilines is 1. The highest BCUT2D eigenvalue weighted by atomic mass is 19.4. The molecule has 1 saturated carbocycles. The molecule has 0 saturated heterocycles. The van der Waals surface area contributed by atoms with Crippen LogP contribution >= 0.6 is 0 Å². The number of hydrogen-bond acceptors (Lipinski definition) is 5. The summed E-state index contributed by atoms with van der Waals surface area (Å²) in [5.74, 6) is -0.181. The van der Waals surface area contributed by atoms with Crippen LogP contribution in [0.5, 0.6) is 5.75 Å². The number of carbonyl (C=O) groups is 1. The Labute approximate surface area is 170 Å². The van der Waals surface area contributed by atoms with Gasteiger partial charge in [0.25, 0.3) is 5.69 Å². The zero-order valence-corrected chi connectivity index (χ0v) is 16.1. The lowest BCUT2D eigenvalue weighted by molar-refractivity contribution is -0.384. The number of nitrogens with zero attached hydrogens (tertiary/aromatic N) is 2. The quantitative estimate of drug-likeness (QED) is 0.508. The molecular weight excluding hydrogens is 403 g/mol. The molecule has 1 amide bonds. The molecule has 0 heterocycles. The number of hydrogen-bond donors (Lipinski definition) is 1. The first kappa shape index (κ1) is 21.6. The maximum Gasteiger partial charge on any atom is 0.416 e. The Morgan fingerprint density at radius 3 is 2.43 bits per heavy atom. The molecule has 0 unspecified atom stereocenters. The molecule has 0 bridgehead atoms. The van der Waals surface area contributed by atoms with Crippen molar-refractivity contribution in [3.63, 3.8) is 0 Å². The summed E-state index contributed by atoms with van der Waals surface area (Å²) < 4.78 is 43.3. The Bertz CT molecular complexity index is 928. The maximum absolute atomic E-state index is 12.7. The molecule has 1 aliphatic carbocycles. The van der Waals surface area contributed by atoms with E-state index in [-0.39, 0.29) is 29.9 Å². The second-order valence-corrected chi connectivity index (χ2v) is 7.02. The van der Waals surface area contributed by atoms with Gasteiger partial charge in [-0.2, -0.15) is 13.2 Å². The number of rotatable bonds is 8. The number of non-ortho nitro benzene ring substituents is 1. The third-order valence-electron chi connectivity index (χ3n) is 4.75. The van der Waals surface area contributed by atoms with Crippen molar-refractivity contribution in [2.45, 2.75) is 31.6 Å². The van der Waals surface area contributed by atoms with Crippen molar-refractivity contribution >= 4 is 17.3 Å². The molecule has 30 heavy (non-hydrogen) atoms. The molecule has 1 aliphatic rings. The van der Waals surface area contributed by atoms with E-state index in [1.165, 1.54) is 37.4 Å². The number of nitro benzene ring substituents is 1. The van der Waals surface area contributed by atoms with E-state index in [0.29, 0.717) is 17.8 Å². The van der Waals surface area contributed by atoms with Gasteiger partial charge in [-0.3, -0.25) is 19.8 Å². The van der Waals surface area contributed by atoms with Gasteiger partial charge in [-0.1, -0.05) is 12.1 Å². The predicted octanol–water partition coefficient (Wildman–Crippen LogP) is 4.23. The summed E-state index contributed by atoms with van der Waals surface area (Å²) in [6.07, 6.45) is -2.57. The van der Waals surface area contributed by atoms with Gasteiger partial charge in [0, 0.05) is 18.7 Å². The van der Waals surface area contributed by atoms with E-state index in [1.807, 2.05) is 4.90 Å². The monoisotopic (exact) mass is 423 g/mol. The predicted molar refractivity (Wildman–Crippen MR) is 103 cm³/mol. The van der Waals surface area contributed by atoms with E-state index >= 15 is 0 Å². The normalized spacial score (nSPS) is 13.9. The summed E-state index contributed by atoms with van der Waals surface area (Å²) in [6, 6.07) is 8.95. The smallest absolute Gasteiger partial charge is 0.416 e. The minimum Gasteiger partial charge on any atom is -0.494 e. The number of nitro groups is 1. The van der Waals surface area contributed by atoms with Crippen molar-refractivity contribution in [1.29, 1.82) is 0 Å². The summed E-state index contributed by atoms with van der Waals surface area (Å²) >= 11 is 0. The fourth-order valence-corrected chi connectivity index (χ4v) is 3.06. The zero-order valence-electron chi connectivity index (χ0n) is 16.1. The van der Waals surface area contributed by atoms with Crippen LogP contribution in [-0.2, 0) is 17.5 Å². The minimum atomic E-state index is -4.39. The van der Waals surface area contributed by atoms with Crippen LogP contribution in [0.25, 0.3) is 0 Å². The van der Waals surface area contributed by atoms with E-state index in [2.05, 4.69) is 5.32 Å². The summed E-state index contributed by atoms with van der Waals surface area (Å²) in [4.78, 5) is 24.7. The van der Waals surface area contributed by atoms with Crippen molar-refractivity contribution in [1.82, 2.24) is 4.90 Å². The number of benzene rings is 2. The molecule has 0 radical (unpaired) electrons. The Hall–Kier alpha value is -3.14. The van der Waals surface area contributed by atoms with Gasteiger partial charge in [0.15, 0.2) is 0 Å². The van der Waals surface area contributed by atoms with Gasteiger partial charge in [0.05, 0.1) is 35.9 Å². The molecule has 2 aromatic carbocycles. The van der Waals surface area contributed by atoms with Crippen LogP contribution < -0.4 is 10.1 Å². The molecule has 0 aromatic heterocycles. The first-order valence-electron chi connectivity index (χ1n) is 9.20. The van der Waals surface area contributed by atoms with Crippen LogP contribution in [0, 0.1) is 10.1 Å². The van der Waals surface area contributed by atoms with E-state index in [9.17, 15) is 28.1 Å². The lowest BCUT2D eigenvalue weighted by atomic mass is 10.1. The van der Waals surface area contributed by atoms with Gasteiger partial charge < -0.3 is 10.1 Å². The second kappa shape index (κ2) is 8.70.